The molecule has 0 spiro atoms. The minimum atomic E-state index is -0.236. The third kappa shape index (κ3) is 4.98. The van der Waals surface area contributed by atoms with Gasteiger partial charge in [0.1, 0.15) is 6.54 Å². The summed E-state index contributed by atoms with van der Waals surface area (Å²) < 4.78 is 1.24. The van der Waals surface area contributed by atoms with Crippen LogP contribution in [-0.4, -0.2) is 28.0 Å². The lowest BCUT2D eigenvalue weighted by atomic mass is 10.1. The summed E-state index contributed by atoms with van der Waals surface area (Å²) in [6, 6.07) is 15.8. The SMILES string of the molecule is Cc1ccc(CSCCNC(=O)Cn2nc(C)c3ccccc3c2=O)cc1. The van der Waals surface area contributed by atoms with E-state index < -0.39 is 0 Å². The molecule has 0 radical (unpaired) electrons. The van der Waals surface area contributed by atoms with Gasteiger partial charge in [0.15, 0.2) is 0 Å². The van der Waals surface area contributed by atoms with Gasteiger partial charge in [-0.15, -0.1) is 0 Å². The Balaban J connectivity index is 1.49. The summed E-state index contributed by atoms with van der Waals surface area (Å²) in [6.45, 7) is 4.42. The van der Waals surface area contributed by atoms with Crippen molar-refractivity contribution in [3.63, 3.8) is 0 Å². The molecule has 1 amide bonds. The average Bonchev–Trinajstić information content (AvgIpc) is 2.67. The number of fused-ring (bicyclic) bond motifs is 1. The highest BCUT2D eigenvalue weighted by atomic mass is 32.2. The number of benzene rings is 2. The zero-order valence-corrected chi connectivity index (χ0v) is 16.4. The van der Waals surface area contributed by atoms with E-state index in [4.69, 9.17) is 0 Å². The first-order valence-electron chi connectivity index (χ1n) is 8.91. The first-order chi connectivity index (χ1) is 13.0. The summed E-state index contributed by atoms with van der Waals surface area (Å²) in [5, 5.41) is 8.55. The lowest BCUT2D eigenvalue weighted by Gasteiger charge is -2.09. The molecule has 140 valence electrons. The molecule has 2 aromatic carbocycles. The molecular weight excluding hydrogens is 358 g/mol. The van der Waals surface area contributed by atoms with Crippen molar-refractivity contribution in [1.29, 1.82) is 0 Å². The summed E-state index contributed by atoms with van der Waals surface area (Å²) in [5.41, 5.74) is 3.04. The van der Waals surface area contributed by atoms with Crippen molar-refractivity contribution < 1.29 is 4.79 Å². The molecule has 0 atom stereocenters. The van der Waals surface area contributed by atoms with E-state index in [-0.39, 0.29) is 18.0 Å². The second-order valence-electron chi connectivity index (χ2n) is 6.48. The number of carbonyl (C=O) groups excluding carboxylic acids is 1. The Morgan fingerprint density at radius 2 is 1.78 bits per heavy atom. The van der Waals surface area contributed by atoms with E-state index in [1.54, 1.807) is 17.8 Å². The largest absolute Gasteiger partial charge is 0.354 e. The standard InChI is InChI=1S/C21H23N3O2S/c1-15-7-9-17(10-8-15)14-27-12-11-22-20(25)13-24-21(26)19-6-4-3-5-18(19)16(2)23-24/h3-10H,11-14H2,1-2H3,(H,22,25). The lowest BCUT2D eigenvalue weighted by Crippen LogP contribution is -2.35. The number of hydrogen-bond acceptors (Lipinski definition) is 4. The first-order valence-corrected chi connectivity index (χ1v) is 10.1. The molecule has 0 saturated carbocycles. The number of aromatic nitrogens is 2. The summed E-state index contributed by atoms with van der Waals surface area (Å²) in [4.78, 5) is 24.7. The van der Waals surface area contributed by atoms with Gasteiger partial charge in [-0.3, -0.25) is 9.59 Å². The van der Waals surface area contributed by atoms with E-state index in [1.165, 1.54) is 15.8 Å². The van der Waals surface area contributed by atoms with Gasteiger partial charge in [0.2, 0.25) is 5.91 Å². The Morgan fingerprint density at radius 3 is 2.52 bits per heavy atom. The van der Waals surface area contributed by atoms with Crippen molar-refractivity contribution in [3.05, 3.63) is 75.7 Å². The Hall–Kier alpha value is -2.60. The predicted octanol–water partition coefficient (Wildman–Crippen LogP) is 3.06. The molecule has 1 N–H and O–H groups in total. The minimum Gasteiger partial charge on any atom is -0.354 e. The summed E-state index contributed by atoms with van der Waals surface area (Å²) in [7, 11) is 0. The zero-order chi connectivity index (χ0) is 19.2. The number of amides is 1. The molecule has 27 heavy (non-hydrogen) atoms. The predicted molar refractivity (Wildman–Crippen MR) is 111 cm³/mol. The highest BCUT2D eigenvalue weighted by molar-refractivity contribution is 7.98. The van der Waals surface area contributed by atoms with Crippen LogP contribution < -0.4 is 10.9 Å². The second-order valence-corrected chi connectivity index (χ2v) is 7.59. The molecule has 6 heteroatoms. The molecule has 0 aliphatic rings. The van der Waals surface area contributed by atoms with Crippen LogP contribution in [0.15, 0.2) is 53.3 Å². The van der Waals surface area contributed by atoms with Crippen LogP contribution >= 0.6 is 11.8 Å². The van der Waals surface area contributed by atoms with Crippen LogP contribution in [0.3, 0.4) is 0 Å². The molecule has 5 nitrogen and oxygen atoms in total. The number of nitrogens with one attached hydrogen (secondary N) is 1. The quantitative estimate of drug-likeness (QED) is 0.639. The van der Waals surface area contributed by atoms with Crippen molar-refractivity contribution in [2.24, 2.45) is 0 Å². The Kier molecular flexibility index (Phi) is 6.29. The average molecular weight is 382 g/mol. The summed E-state index contributed by atoms with van der Waals surface area (Å²) in [6.07, 6.45) is 0. The third-order valence-electron chi connectivity index (χ3n) is 4.30. The maximum absolute atomic E-state index is 12.5. The van der Waals surface area contributed by atoms with Gasteiger partial charge in [-0.1, -0.05) is 48.0 Å². The topological polar surface area (TPSA) is 64.0 Å². The van der Waals surface area contributed by atoms with Crippen LogP contribution in [0.2, 0.25) is 0 Å². The maximum Gasteiger partial charge on any atom is 0.275 e. The van der Waals surface area contributed by atoms with Crippen LogP contribution in [0.25, 0.3) is 10.8 Å². The van der Waals surface area contributed by atoms with E-state index in [1.807, 2.05) is 25.1 Å². The van der Waals surface area contributed by atoms with Crippen molar-refractivity contribution in [3.8, 4) is 0 Å². The zero-order valence-electron chi connectivity index (χ0n) is 15.6. The van der Waals surface area contributed by atoms with Crippen molar-refractivity contribution in [2.75, 3.05) is 12.3 Å². The normalized spacial score (nSPS) is 10.9. The Labute approximate surface area is 162 Å². The molecular formula is C21H23N3O2S. The van der Waals surface area contributed by atoms with Crippen molar-refractivity contribution >= 4 is 28.4 Å². The van der Waals surface area contributed by atoms with Crippen LogP contribution in [0, 0.1) is 13.8 Å². The van der Waals surface area contributed by atoms with Gasteiger partial charge in [-0.2, -0.15) is 16.9 Å². The number of rotatable bonds is 7. The van der Waals surface area contributed by atoms with Crippen molar-refractivity contribution in [1.82, 2.24) is 15.1 Å². The molecule has 3 aromatic rings. The van der Waals surface area contributed by atoms with E-state index in [9.17, 15) is 9.59 Å². The fraction of sp³-hybridized carbons (Fsp3) is 0.286. The first kappa shape index (κ1) is 19.2. The molecule has 1 heterocycles. The molecule has 0 bridgehead atoms. The molecule has 0 unspecified atom stereocenters. The fourth-order valence-electron chi connectivity index (χ4n) is 2.84. The van der Waals surface area contributed by atoms with Gasteiger partial charge < -0.3 is 5.32 Å². The van der Waals surface area contributed by atoms with Crippen LogP contribution in [0.5, 0.6) is 0 Å². The molecule has 0 aliphatic carbocycles. The van der Waals surface area contributed by atoms with Gasteiger partial charge in [-0.05, 0) is 25.5 Å². The number of thioether (sulfide) groups is 1. The number of nitrogens with zero attached hydrogens (tertiary/aromatic N) is 2. The van der Waals surface area contributed by atoms with Crippen molar-refractivity contribution in [2.45, 2.75) is 26.1 Å². The molecule has 0 aliphatic heterocycles. The van der Waals surface area contributed by atoms with Gasteiger partial charge in [0, 0.05) is 23.4 Å². The summed E-state index contributed by atoms with van der Waals surface area (Å²) >= 11 is 1.77. The highest BCUT2D eigenvalue weighted by Gasteiger charge is 2.10. The summed E-state index contributed by atoms with van der Waals surface area (Å²) in [5.74, 6) is 1.54. The van der Waals surface area contributed by atoms with Gasteiger partial charge >= 0.3 is 0 Å². The molecule has 3 rings (SSSR count). The fourth-order valence-corrected chi connectivity index (χ4v) is 3.66. The lowest BCUT2D eigenvalue weighted by molar-refractivity contribution is -0.121. The number of carbonyl (C=O) groups is 1. The smallest absolute Gasteiger partial charge is 0.275 e. The second kappa shape index (κ2) is 8.86. The Bertz CT molecular complexity index is 996. The minimum absolute atomic E-state index is 0.0624. The van der Waals surface area contributed by atoms with Gasteiger partial charge in [0.25, 0.3) is 5.56 Å². The van der Waals surface area contributed by atoms with Gasteiger partial charge in [-0.25, -0.2) is 4.68 Å². The van der Waals surface area contributed by atoms with Crippen LogP contribution in [-0.2, 0) is 17.1 Å². The van der Waals surface area contributed by atoms with E-state index in [0.29, 0.717) is 11.9 Å². The van der Waals surface area contributed by atoms with Gasteiger partial charge in [0.05, 0.1) is 11.1 Å². The third-order valence-corrected chi connectivity index (χ3v) is 5.33. The van der Waals surface area contributed by atoms with Crippen LogP contribution in [0.1, 0.15) is 16.8 Å². The molecule has 0 fully saturated rings. The Morgan fingerprint density at radius 1 is 1.07 bits per heavy atom. The molecule has 0 saturated heterocycles. The number of hydrogen-bond donors (Lipinski definition) is 1. The highest BCUT2D eigenvalue weighted by Crippen LogP contribution is 2.13. The van der Waals surface area contributed by atoms with E-state index >= 15 is 0 Å². The van der Waals surface area contributed by atoms with Crippen LogP contribution in [0.4, 0.5) is 0 Å². The maximum atomic E-state index is 12.5. The number of aryl methyl sites for hydroxylation is 2. The monoisotopic (exact) mass is 381 g/mol. The van der Waals surface area contributed by atoms with E-state index in [2.05, 4.69) is 41.6 Å². The molecule has 1 aromatic heterocycles. The van der Waals surface area contributed by atoms with E-state index in [0.717, 1.165) is 22.6 Å².